The van der Waals surface area contributed by atoms with Gasteiger partial charge in [-0.2, -0.15) is 0 Å². The van der Waals surface area contributed by atoms with Crippen molar-refractivity contribution >= 4 is 0 Å². The van der Waals surface area contributed by atoms with E-state index in [4.69, 9.17) is 52.1 Å². The minimum absolute atomic E-state index is 0.167. The van der Waals surface area contributed by atoms with Gasteiger partial charge in [-0.25, -0.2) is 0 Å². The summed E-state index contributed by atoms with van der Waals surface area (Å²) in [5.41, 5.74) is -1.54. The molecule has 28 atom stereocenters. The standard InChI is InChI=1S/C48H80O20/c1-20(50)26-13-15-48(57)27-11-10-24-16-25(12-14-46(24,5)33(27)35(52)43(56)47(26,48)6)64-31-17-28(58-7)39(21(2)61-31)66-32-18-29(59-8)40(22(3)62-32)67-45-38(55)42(60-9)41(23(4)63-45)68-44-37(54)36(53)34(51)30(19-49)65-44/h10,20-23,25-45,49-57H,11-19H2,1-9H3/t20-,21-,22-,23-,25+,26-,27-,28+,29+,30-,31+,32+,33-,34-,35+,36+,37-,38-,39-,40-,41-,42+,43-,44+,45+,46+,47+,48+/m1/s1. The molecule has 8 rings (SSSR count). The third-order valence-electron chi connectivity index (χ3n) is 17.9. The highest BCUT2D eigenvalue weighted by molar-refractivity contribution is 5.31. The molecule has 8 aliphatic rings. The summed E-state index contributed by atoms with van der Waals surface area (Å²) in [5, 5.41) is 98.9. The van der Waals surface area contributed by atoms with Crippen LogP contribution >= 0.6 is 0 Å². The van der Waals surface area contributed by atoms with Gasteiger partial charge in [0.05, 0.1) is 67.1 Å². The number of allylic oxidation sites excluding steroid dienone is 1. The summed E-state index contributed by atoms with van der Waals surface area (Å²) in [4.78, 5) is 0. The highest BCUT2D eigenvalue weighted by atomic mass is 16.8. The third kappa shape index (κ3) is 9.09. The topological polar surface area (TPSA) is 284 Å². The van der Waals surface area contributed by atoms with E-state index in [1.165, 1.54) is 7.11 Å². The number of aliphatic hydroxyl groups is 9. The summed E-state index contributed by atoms with van der Waals surface area (Å²) in [6.07, 6.45) is -14.3. The second kappa shape index (κ2) is 20.7. The fourth-order valence-electron chi connectivity index (χ4n) is 14.1. The predicted molar refractivity (Wildman–Crippen MR) is 235 cm³/mol. The van der Waals surface area contributed by atoms with Crippen molar-refractivity contribution in [2.75, 3.05) is 27.9 Å². The van der Waals surface area contributed by atoms with Crippen molar-refractivity contribution in [2.24, 2.45) is 28.6 Å². The number of hydrogen-bond acceptors (Lipinski definition) is 20. The summed E-state index contributed by atoms with van der Waals surface area (Å²) in [7, 11) is 4.54. The van der Waals surface area contributed by atoms with E-state index >= 15 is 0 Å². The zero-order valence-corrected chi connectivity index (χ0v) is 40.9. The third-order valence-corrected chi connectivity index (χ3v) is 17.9. The van der Waals surface area contributed by atoms with Crippen molar-refractivity contribution in [2.45, 2.75) is 234 Å². The molecule has 392 valence electrons. The van der Waals surface area contributed by atoms with Crippen LogP contribution in [0.15, 0.2) is 11.6 Å². The summed E-state index contributed by atoms with van der Waals surface area (Å²) in [5.74, 6) is -0.925. The Kier molecular flexibility index (Phi) is 16.2. The highest BCUT2D eigenvalue weighted by Gasteiger charge is 2.73. The lowest BCUT2D eigenvalue weighted by atomic mass is 9.44. The molecule has 4 aliphatic carbocycles. The molecular weight excluding hydrogens is 897 g/mol. The van der Waals surface area contributed by atoms with E-state index < -0.39 is 152 Å². The van der Waals surface area contributed by atoms with E-state index in [9.17, 15) is 46.0 Å². The van der Waals surface area contributed by atoms with Crippen molar-refractivity contribution in [1.82, 2.24) is 0 Å². The maximum absolute atomic E-state index is 12.4. The number of hydrogen-bond donors (Lipinski definition) is 9. The summed E-state index contributed by atoms with van der Waals surface area (Å²) >= 11 is 0. The normalized spacial score (nSPS) is 54.6. The second-order valence-corrected chi connectivity index (χ2v) is 21.5. The molecule has 20 nitrogen and oxygen atoms in total. The molecule has 3 saturated carbocycles. The first-order valence-corrected chi connectivity index (χ1v) is 24.8. The maximum Gasteiger partial charge on any atom is 0.187 e. The van der Waals surface area contributed by atoms with Gasteiger partial charge in [0.25, 0.3) is 0 Å². The molecule has 0 radical (unpaired) electrons. The lowest BCUT2D eigenvalue weighted by molar-refractivity contribution is -0.373. The Balaban J connectivity index is 0.854. The average molecular weight is 977 g/mol. The Morgan fingerprint density at radius 2 is 1.26 bits per heavy atom. The van der Waals surface area contributed by atoms with Gasteiger partial charge in [-0.05, 0) is 83.5 Å². The minimum atomic E-state index is -1.67. The van der Waals surface area contributed by atoms with Gasteiger partial charge in [0.1, 0.15) is 54.9 Å². The molecular formula is C48H80O20. The van der Waals surface area contributed by atoms with Gasteiger partial charge >= 0.3 is 0 Å². The van der Waals surface area contributed by atoms with Crippen LogP contribution in [0.5, 0.6) is 0 Å². The molecule has 0 aromatic heterocycles. The number of methoxy groups -OCH3 is 3. The molecule has 0 amide bonds. The maximum atomic E-state index is 12.4. The fraction of sp³-hybridized carbons (Fsp3) is 0.958. The van der Waals surface area contributed by atoms with E-state index in [2.05, 4.69) is 13.0 Å². The van der Waals surface area contributed by atoms with Crippen molar-refractivity contribution in [1.29, 1.82) is 0 Å². The molecule has 0 unspecified atom stereocenters. The summed E-state index contributed by atoms with van der Waals surface area (Å²) in [6, 6.07) is 0. The first-order valence-electron chi connectivity index (χ1n) is 24.8. The quantitative estimate of drug-likeness (QED) is 0.108. The van der Waals surface area contributed by atoms with E-state index in [0.717, 1.165) is 5.57 Å². The largest absolute Gasteiger partial charge is 0.394 e. The molecule has 7 fully saturated rings. The molecule has 9 N–H and O–H groups in total. The van der Waals surface area contributed by atoms with Gasteiger partial charge in [-0.1, -0.05) is 25.5 Å². The van der Waals surface area contributed by atoms with E-state index in [1.807, 2.05) is 13.8 Å². The van der Waals surface area contributed by atoms with Gasteiger partial charge in [0.2, 0.25) is 0 Å². The number of ether oxygens (including phenoxy) is 11. The van der Waals surface area contributed by atoms with Gasteiger partial charge in [-0.3, -0.25) is 0 Å². The van der Waals surface area contributed by atoms with Crippen LogP contribution in [0.1, 0.15) is 92.9 Å². The van der Waals surface area contributed by atoms with Crippen LogP contribution in [-0.2, 0) is 52.1 Å². The van der Waals surface area contributed by atoms with Gasteiger partial charge < -0.3 is 98.1 Å². The van der Waals surface area contributed by atoms with Crippen molar-refractivity contribution < 1.29 is 98.1 Å². The van der Waals surface area contributed by atoms with Crippen LogP contribution in [0, 0.1) is 28.6 Å². The van der Waals surface area contributed by atoms with E-state index in [-0.39, 0.29) is 30.3 Å². The first-order chi connectivity index (χ1) is 32.2. The summed E-state index contributed by atoms with van der Waals surface area (Å²) < 4.78 is 67.7. The number of rotatable bonds is 13. The number of fused-ring (bicyclic) bond motifs is 5. The fourth-order valence-corrected chi connectivity index (χ4v) is 14.1. The SMILES string of the molecule is CO[C@H]1[C@@H](O)[C@H](O[C@H]2[C@@H](OC)C[C@H](O[C@H]3[C@@H](OC)C[C@H](O[C@H]4CC[C@@]5(C)C(=CC[C@@H]6[C@@H]5[C@H](O)[C@@H](O)[C@]5(C)[C@@H]([C@@H](C)O)CC[C@]65O)C4)O[C@@H]3C)O[C@@H]2C)O[C@H](C)[C@H]1O[C@@H]1O[C@H](CO)[C@@H](O)[C@H](O)[C@H]1O. The molecule has 4 aliphatic heterocycles. The van der Waals surface area contributed by atoms with Crippen LogP contribution in [0.4, 0.5) is 0 Å². The molecule has 0 aromatic rings. The molecule has 0 spiro atoms. The molecule has 4 heterocycles. The monoisotopic (exact) mass is 977 g/mol. The zero-order chi connectivity index (χ0) is 49.4. The second-order valence-electron chi connectivity index (χ2n) is 21.5. The average Bonchev–Trinajstić information content (AvgIpc) is 3.60. The predicted octanol–water partition coefficient (Wildman–Crippen LogP) is -0.236. The Hall–Kier alpha value is -1.06. The lowest BCUT2D eigenvalue weighted by Crippen LogP contribution is -2.71. The molecule has 68 heavy (non-hydrogen) atoms. The highest BCUT2D eigenvalue weighted by Crippen LogP contribution is 2.68. The van der Waals surface area contributed by atoms with Crippen molar-refractivity contribution in [3.63, 3.8) is 0 Å². The number of aliphatic hydroxyl groups excluding tert-OH is 8. The Bertz CT molecular complexity index is 1720. The smallest absolute Gasteiger partial charge is 0.187 e. The minimum Gasteiger partial charge on any atom is -0.394 e. The van der Waals surface area contributed by atoms with Gasteiger partial charge in [0, 0.05) is 45.5 Å². The van der Waals surface area contributed by atoms with Crippen LogP contribution in [0.2, 0.25) is 0 Å². The molecule has 0 bridgehead atoms. The van der Waals surface area contributed by atoms with E-state index in [1.54, 1.807) is 35.0 Å². The lowest BCUT2D eigenvalue weighted by Gasteiger charge is -2.64. The molecule has 0 aromatic carbocycles. The Labute approximate surface area is 399 Å². The van der Waals surface area contributed by atoms with E-state index in [0.29, 0.717) is 44.9 Å². The van der Waals surface area contributed by atoms with Crippen LogP contribution in [0.3, 0.4) is 0 Å². The first kappa shape index (κ1) is 53.2. The van der Waals surface area contributed by atoms with Crippen molar-refractivity contribution in [3.05, 3.63) is 11.6 Å². The zero-order valence-electron chi connectivity index (χ0n) is 40.9. The Morgan fingerprint density at radius 3 is 1.87 bits per heavy atom. The van der Waals surface area contributed by atoms with Gasteiger partial charge in [-0.15, -0.1) is 0 Å². The molecule has 20 heteroatoms. The Morgan fingerprint density at radius 1 is 0.676 bits per heavy atom. The summed E-state index contributed by atoms with van der Waals surface area (Å²) in [6.45, 7) is 10.4. The van der Waals surface area contributed by atoms with Gasteiger partial charge in [0.15, 0.2) is 25.2 Å². The molecule has 4 saturated heterocycles. The van der Waals surface area contributed by atoms with Crippen LogP contribution in [0.25, 0.3) is 0 Å². The van der Waals surface area contributed by atoms with Crippen LogP contribution in [-0.4, -0.2) is 215 Å². The van der Waals surface area contributed by atoms with Crippen molar-refractivity contribution in [3.8, 4) is 0 Å². The van der Waals surface area contributed by atoms with Crippen LogP contribution < -0.4 is 0 Å².